The number of hydrogen-bond acceptors (Lipinski definition) is 3. The molecule has 0 amide bonds. The maximum atomic E-state index is 5.54. The van der Waals surface area contributed by atoms with E-state index in [0.29, 0.717) is 5.37 Å². The second-order valence-corrected chi connectivity index (χ2v) is 5.24. The zero-order valence-corrected chi connectivity index (χ0v) is 8.28. The van der Waals surface area contributed by atoms with Crippen LogP contribution in [0.5, 0.6) is 0 Å². The predicted molar refractivity (Wildman–Crippen MR) is 54.2 cm³/mol. The predicted octanol–water partition coefficient (Wildman–Crippen LogP) is 1.31. The topological polar surface area (TPSA) is 38.0 Å². The standard InChI is InChI=1S/C9H18N2S/c10-6-5-9-11-7-3-1-2-4-8(7)12-9/h7-9,11H,1-6,10H2. The van der Waals surface area contributed by atoms with Crippen LogP contribution in [0.1, 0.15) is 32.1 Å². The Hall–Kier alpha value is 0.270. The van der Waals surface area contributed by atoms with Crippen LogP contribution >= 0.6 is 11.8 Å². The second kappa shape index (κ2) is 3.99. The molecule has 0 aromatic rings. The molecule has 3 heteroatoms. The van der Waals surface area contributed by atoms with Gasteiger partial charge in [-0.2, -0.15) is 0 Å². The number of nitrogens with two attached hydrogens (primary N) is 1. The molecule has 3 N–H and O–H groups in total. The Morgan fingerprint density at radius 2 is 2.17 bits per heavy atom. The molecule has 3 atom stereocenters. The van der Waals surface area contributed by atoms with Crippen LogP contribution in [0.3, 0.4) is 0 Å². The first-order valence-electron chi connectivity index (χ1n) is 5.02. The minimum absolute atomic E-state index is 0.656. The van der Waals surface area contributed by atoms with Gasteiger partial charge in [-0.3, -0.25) is 0 Å². The lowest BCUT2D eigenvalue weighted by Crippen LogP contribution is -2.35. The molecular formula is C9H18N2S. The summed E-state index contributed by atoms with van der Waals surface area (Å²) in [4.78, 5) is 0. The van der Waals surface area contributed by atoms with Gasteiger partial charge in [0.25, 0.3) is 0 Å². The van der Waals surface area contributed by atoms with Gasteiger partial charge in [0.05, 0.1) is 5.37 Å². The quantitative estimate of drug-likeness (QED) is 0.683. The van der Waals surface area contributed by atoms with Gasteiger partial charge in [0.1, 0.15) is 0 Å². The van der Waals surface area contributed by atoms with E-state index in [4.69, 9.17) is 5.73 Å². The van der Waals surface area contributed by atoms with Gasteiger partial charge in [-0.25, -0.2) is 0 Å². The third kappa shape index (κ3) is 1.78. The second-order valence-electron chi connectivity index (χ2n) is 3.80. The smallest absolute Gasteiger partial charge is 0.0550 e. The van der Waals surface area contributed by atoms with Gasteiger partial charge in [-0.1, -0.05) is 12.8 Å². The Morgan fingerprint density at radius 1 is 1.33 bits per heavy atom. The van der Waals surface area contributed by atoms with Crippen molar-refractivity contribution in [2.45, 2.75) is 48.8 Å². The zero-order valence-electron chi connectivity index (χ0n) is 7.46. The monoisotopic (exact) mass is 186 g/mol. The third-order valence-corrected chi connectivity index (χ3v) is 4.48. The summed E-state index contributed by atoms with van der Waals surface area (Å²) in [5, 5.41) is 5.23. The molecule has 1 saturated heterocycles. The Bertz CT molecular complexity index is 137. The third-order valence-electron chi connectivity index (χ3n) is 2.87. The molecule has 0 radical (unpaired) electrons. The highest BCUT2D eigenvalue weighted by Gasteiger charge is 2.34. The lowest BCUT2D eigenvalue weighted by Gasteiger charge is -2.23. The highest BCUT2D eigenvalue weighted by Crippen LogP contribution is 2.37. The minimum atomic E-state index is 0.656. The van der Waals surface area contributed by atoms with E-state index in [-0.39, 0.29) is 0 Å². The number of rotatable bonds is 2. The van der Waals surface area contributed by atoms with Crippen LogP contribution in [0.4, 0.5) is 0 Å². The van der Waals surface area contributed by atoms with Crippen LogP contribution in [0.25, 0.3) is 0 Å². The molecule has 0 aromatic heterocycles. The maximum absolute atomic E-state index is 5.54. The SMILES string of the molecule is NCCC1NC2CCCCC2S1. The van der Waals surface area contributed by atoms with Crippen LogP contribution in [0.15, 0.2) is 0 Å². The lowest BCUT2D eigenvalue weighted by molar-refractivity contribution is 0.398. The summed E-state index contributed by atoms with van der Waals surface area (Å²) in [6.07, 6.45) is 6.80. The summed E-state index contributed by atoms with van der Waals surface area (Å²) < 4.78 is 0. The highest BCUT2D eigenvalue weighted by molar-refractivity contribution is 8.00. The van der Waals surface area contributed by atoms with Crippen LogP contribution in [0.2, 0.25) is 0 Å². The molecule has 3 unspecified atom stereocenters. The number of hydrogen-bond donors (Lipinski definition) is 2. The molecule has 0 aromatic carbocycles. The zero-order chi connectivity index (χ0) is 8.39. The summed E-state index contributed by atoms with van der Waals surface area (Å²) in [5.41, 5.74) is 5.54. The molecule has 12 heavy (non-hydrogen) atoms. The summed E-state index contributed by atoms with van der Waals surface area (Å²) in [7, 11) is 0. The fourth-order valence-corrected chi connectivity index (χ4v) is 3.90. The van der Waals surface area contributed by atoms with Gasteiger partial charge < -0.3 is 11.1 Å². The van der Waals surface area contributed by atoms with Crippen LogP contribution < -0.4 is 11.1 Å². The highest BCUT2D eigenvalue weighted by atomic mass is 32.2. The van der Waals surface area contributed by atoms with Gasteiger partial charge in [0.15, 0.2) is 0 Å². The van der Waals surface area contributed by atoms with Gasteiger partial charge in [0.2, 0.25) is 0 Å². The molecular weight excluding hydrogens is 168 g/mol. The molecule has 2 nitrogen and oxygen atoms in total. The average Bonchev–Trinajstić information content (AvgIpc) is 2.47. The van der Waals surface area contributed by atoms with Gasteiger partial charge in [-0.15, -0.1) is 11.8 Å². The summed E-state index contributed by atoms with van der Waals surface area (Å²) in [6.45, 7) is 0.824. The van der Waals surface area contributed by atoms with Crippen molar-refractivity contribution in [3.63, 3.8) is 0 Å². The van der Waals surface area contributed by atoms with Crippen LogP contribution in [-0.4, -0.2) is 23.2 Å². The molecule has 1 aliphatic heterocycles. The molecule has 0 spiro atoms. The van der Waals surface area contributed by atoms with E-state index in [1.807, 2.05) is 0 Å². The normalized spacial score (nSPS) is 41.2. The summed E-state index contributed by atoms with van der Waals surface area (Å²) in [5.74, 6) is 0. The van der Waals surface area contributed by atoms with Gasteiger partial charge in [0, 0.05) is 11.3 Å². The first-order valence-corrected chi connectivity index (χ1v) is 5.96. The van der Waals surface area contributed by atoms with Crippen molar-refractivity contribution in [3.8, 4) is 0 Å². The van der Waals surface area contributed by atoms with E-state index in [0.717, 1.165) is 24.3 Å². The average molecular weight is 186 g/mol. The Balaban J connectivity index is 1.85. The van der Waals surface area contributed by atoms with E-state index in [1.54, 1.807) is 0 Å². The number of nitrogens with one attached hydrogen (secondary N) is 1. The van der Waals surface area contributed by atoms with Crippen molar-refractivity contribution >= 4 is 11.8 Å². The van der Waals surface area contributed by atoms with Gasteiger partial charge in [-0.05, 0) is 25.8 Å². The van der Waals surface area contributed by atoms with E-state index in [2.05, 4.69) is 17.1 Å². The van der Waals surface area contributed by atoms with Crippen molar-refractivity contribution in [3.05, 3.63) is 0 Å². The molecule has 2 aliphatic rings. The summed E-state index contributed by atoms with van der Waals surface area (Å²) in [6, 6.07) is 0.806. The molecule has 1 aliphatic carbocycles. The van der Waals surface area contributed by atoms with Crippen molar-refractivity contribution < 1.29 is 0 Å². The van der Waals surface area contributed by atoms with Crippen LogP contribution in [0, 0.1) is 0 Å². The summed E-state index contributed by atoms with van der Waals surface area (Å²) >= 11 is 2.13. The lowest BCUT2D eigenvalue weighted by atomic mass is 9.95. The molecule has 0 bridgehead atoms. The molecule has 1 saturated carbocycles. The Kier molecular flexibility index (Phi) is 2.94. The number of thioether (sulfide) groups is 1. The van der Waals surface area contributed by atoms with E-state index >= 15 is 0 Å². The first-order chi connectivity index (χ1) is 5.90. The van der Waals surface area contributed by atoms with E-state index in [1.165, 1.54) is 25.7 Å². The van der Waals surface area contributed by atoms with Crippen molar-refractivity contribution in [1.82, 2.24) is 5.32 Å². The minimum Gasteiger partial charge on any atom is -0.330 e. The maximum Gasteiger partial charge on any atom is 0.0550 e. The number of fused-ring (bicyclic) bond motifs is 1. The van der Waals surface area contributed by atoms with E-state index in [9.17, 15) is 0 Å². The molecule has 2 rings (SSSR count). The largest absolute Gasteiger partial charge is 0.330 e. The Labute approximate surface area is 78.7 Å². The van der Waals surface area contributed by atoms with Crippen molar-refractivity contribution in [1.29, 1.82) is 0 Å². The fourth-order valence-electron chi connectivity index (χ4n) is 2.24. The Morgan fingerprint density at radius 3 is 2.92 bits per heavy atom. The van der Waals surface area contributed by atoms with Crippen LogP contribution in [-0.2, 0) is 0 Å². The van der Waals surface area contributed by atoms with Crippen molar-refractivity contribution in [2.24, 2.45) is 5.73 Å². The molecule has 70 valence electrons. The first kappa shape index (κ1) is 8.85. The fraction of sp³-hybridized carbons (Fsp3) is 1.00. The molecule has 2 fully saturated rings. The van der Waals surface area contributed by atoms with E-state index < -0.39 is 0 Å². The van der Waals surface area contributed by atoms with Crippen molar-refractivity contribution in [2.75, 3.05) is 6.54 Å². The van der Waals surface area contributed by atoms with Gasteiger partial charge >= 0.3 is 0 Å². The molecule has 1 heterocycles.